The number of nitriles is 1. The van der Waals surface area contributed by atoms with E-state index in [1.807, 2.05) is 73.0 Å². The van der Waals surface area contributed by atoms with Crippen molar-refractivity contribution < 1.29 is 4.39 Å². The van der Waals surface area contributed by atoms with Crippen LogP contribution in [-0.2, 0) is 0 Å². The summed E-state index contributed by atoms with van der Waals surface area (Å²) in [6, 6.07) is 20.7. The van der Waals surface area contributed by atoms with Crippen LogP contribution in [0.5, 0.6) is 0 Å². The molecular formula is C20H14FNS. The van der Waals surface area contributed by atoms with Gasteiger partial charge < -0.3 is 0 Å². The Balaban J connectivity index is 1.92. The highest BCUT2D eigenvalue weighted by molar-refractivity contribution is 8.03. The molecule has 3 aromatic carbocycles. The van der Waals surface area contributed by atoms with Gasteiger partial charge in [0.25, 0.3) is 0 Å². The molecule has 0 bridgehead atoms. The molecule has 0 fully saturated rings. The largest absolute Gasteiger partial charge is 0.206 e. The number of nitrogens with zero attached hydrogens (tertiary/aromatic N) is 1. The Morgan fingerprint density at radius 1 is 0.826 bits per heavy atom. The summed E-state index contributed by atoms with van der Waals surface area (Å²) in [5.74, 6) is -0.234. The minimum absolute atomic E-state index is 0.234. The molecule has 0 aliphatic carbocycles. The Kier molecular flexibility index (Phi) is 4.45. The fourth-order valence-corrected chi connectivity index (χ4v) is 2.81. The van der Waals surface area contributed by atoms with Gasteiger partial charge in [-0.1, -0.05) is 54.1 Å². The number of benzene rings is 3. The summed E-state index contributed by atoms with van der Waals surface area (Å²) in [7, 11) is 0. The van der Waals surface area contributed by atoms with Crippen LogP contribution < -0.4 is 0 Å². The normalized spacial score (nSPS) is 10.3. The highest BCUT2D eigenvalue weighted by Gasteiger charge is 2.07. The maximum Gasteiger partial charge on any atom is 0.138 e. The van der Waals surface area contributed by atoms with Crippen LogP contribution in [0.4, 0.5) is 4.39 Å². The molecule has 0 amide bonds. The molecule has 0 heterocycles. The lowest BCUT2D eigenvalue weighted by Crippen LogP contribution is -1.87. The van der Waals surface area contributed by atoms with Crippen LogP contribution in [0.3, 0.4) is 0 Å². The van der Waals surface area contributed by atoms with Crippen LogP contribution in [0.1, 0.15) is 5.56 Å². The van der Waals surface area contributed by atoms with Gasteiger partial charge in [0.2, 0.25) is 0 Å². The number of rotatable bonds is 3. The average Bonchev–Trinajstić information content (AvgIpc) is 2.57. The van der Waals surface area contributed by atoms with E-state index in [0.29, 0.717) is 5.56 Å². The molecule has 112 valence electrons. The third kappa shape index (κ3) is 3.44. The van der Waals surface area contributed by atoms with E-state index in [-0.39, 0.29) is 5.82 Å². The molecule has 0 aromatic heterocycles. The maximum absolute atomic E-state index is 14.5. The Morgan fingerprint density at radius 3 is 2.04 bits per heavy atom. The average molecular weight is 319 g/mol. The lowest BCUT2D eigenvalue weighted by molar-refractivity contribution is 0.632. The van der Waals surface area contributed by atoms with E-state index in [9.17, 15) is 4.39 Å². The minimum atomic E-state index is -0.234. The van der Waals surface area contributed by atoms with Crippen molar-refractivity contribution in [2.45, 2.75) is 11.8 Å². The van der Waals surface area contributed by atoms with Crippen molar-refractivity contribution in [2.24, 2.45) is 0 Å². The molecule has 0 N–H and O–H groups in total. The van der Waals surface area contributed by atoms with Crippen molar-refractivity contribution in [1.82, 2.24) is 0 Å². The Bertz CT molecular complexity index is 862. The number of thioether (sulfide) groups is 1. The Hall–Kier alpha value is -2.57. The zero-order chi connectivity index (χ0) is 16.2. The fourth-order valence-electron chi connectivity index (χ4n) is 2.43. The van der Waals surface area contributed by atoms with E-state index < -0.39 is 0 Å². The van der Waals surface area contributed by atoms with Gasteiger partial charge >= 0.3 is 0 Å². The van der Waals surface area contributed by atoms with Gasteiger partial charge in [0.05, 0.1) is 0 Å². The second kappa shape index (κ2) is 6.68. The number of hydrogen-bond donors (Lipinski definition) is 0. The summed E-state index contributed by atoms with van der Waals surface area (Å²) in [4.78, 5) is 0.882. The number of aryl methyl sites for hydroxylation is 1. The Labute approximate surface area is 139 Å². The smallest absolute Gasteiger partial charge is 0.138 e. The van der Waals surface area contributed by atoms with Crippen LogP contribution in [0, 0.1) is 23.4 Å². The molecular weight excluding hydrogens is 305 g/mol. The zero-order valence-corrected chi connectivity index (χ0v) is 13.4. The molecule has 0 aliphatic heterocycles. The summed E-state index contributed by atoms with van der Waals surface area (Å²) in [6.45, 7) is 2.01. The first kappa shape index (κ1) is 15.3. The van der Waals surface area contributed by atoms with Crippen molar-refractivity contribution in [1.29, 1.82) is 5.26 Å². The first-order chi connectivity index (χ1) is 11.2. The predicted octanol–water partition coefficient (Wildman–Crippen LogP) is 6.04. The van der Waals surface area contributed by atoms with Gasteiger partial charge in [0, 0.05) is 10.5 Å². The summed E-state index contributed by atoms with van der Waals surface area (Å²) < 4.78 is 14.5. The van der Waals surface area contributed by atoms with Crippen molar-refractivity contribution in [2.75, 3.05) is 0 Å². The monoisotopic (exact) mass is 319 g/mol. The van der Waals surface area contributed by atoms with E-state index in [0.717, 1.165) is 38.9 Å². The van der Waals surface area contributed by atoms with Gasteiger partial charge in [0.15, 0.2) is 0 Å². The first-order valence-corrected chi connectivity index (χ1v) is 8.02. The summed E-state index contributed by atoms with van der Waals surface area (Å²) in [5.41, 5.74) is 4.39. The lowest BCUT2D eigenvalue weighted by Gasteiger charge is -2.08. The Morgan fingerprint density at radius 2 is 1.43 bits per heavy atom. The standard InChI is InChI=1S/C20H14FNS/c1-14-2-4-16(5-3-14)19-11-8-17(12-20(19)21)15-6-9-18(10-7-15)23-13-22/h2-12H,1H3. The first-order valence-electron chi connectivity index (χ1n) is 7.20. The van der Waals surface area contributed by atoms with Crippen molar-refractivity contribution >= 4 is 11.8 Å². The molecule has 0 saturated heterocycles. The summed E-state index contributed by atoms with van der Waals surface area (Å²) in [6.07, 6.45) is 0. The van der Waals surface area contributed by atoms with E-state index in [4.69, 9.17) is 5.26 Å². The van der Waals surface area contributed by atoms with Crippen LogP contribution >= 0.6 is 11.8 Å². The van der Waals surface area contributed by atoms with Crippen LogP contribution in [0.25, 0.3) is 22.3 Å². The molecule has 3 aromatic rings. The van der Waals surface area contributed by atoms with E-state index in [1.165, 1.54) is 0 Å². The van der Waals surface area contributed by atoms with Crippen LogP contribution in [0.15, 0.2) is 71.6 Å². The van der Waals surface area contributed by atoms with Gasteiger partial charge in [-0.05, 0) is 53.6 Å². The number of hydrogen-bond acceptors (Lipinski definition) is 2. The zero-order valence-electron chi connectivity index (χ0n) is 12.6. The highest BCUT2D eigenvalue weighted by Crippen LogP contribution is 2.29. The molecule has 0 aliphatic rings. The second-order valence-corrected chi connectivity index (χ2v) is 6.14. The van der Waals surface area contributed by atoms with Gasteiger partial charge in [-0.2, -0.15) is 5.26 Å². The minimum Gasteiger partial charge on any atom is -0.206 e. The molecule has 0 radical (unpaired) electrons. The highest BCUT2D eigenvalue weighted by atomic mass is 32.2. The van der Waals surface area contributed by atoms with Gasteiger partial charge in [-0.25, -0.2) is 4.39 Å². The van der Waals surface area contributed by atoms with Crippen LogP contribution in [-0.4, -0.2) is 0 Å². The van der Waals surface area contributed by atoms with Gasteiger partial charge in [0.1, 0.15) is 11.2 Å². The topological polar surface area (TPSA) is 23.8 Å². The summed E-state index contributed by atoms with van der Waals surface area (Å²) in [5, 5.41) is 10.7. The molecule has 1 nitrogen and oxygen atoms in total. The molecule has 3 heteroatoms. The number of halogens is 1. The van der Waals surface area contributed by atoms with Gasteiger partial charge in [-0.15, -0.1) is 0 Å². The van der Waals surface area contributed by atoms with E-state index in [1.54, 1.807) is 6.07 Å². The third-order valence-electron chi connectivity index (χ3n) is 3.68. The van der Waals surface area contributed by atoms with Crippen molar-refractivity contribution in [3.05, 3.63) is 78.1 Å². The SMILES string of the molecule is Cc1ccc(-c2ccc(-c3ccc(SC#N)cc3)cc2F)cc1. The predicted molar refractivity (Wildman–Crippen MR) is 93.5 cm³/mol. The van der Waals surface area contributed by atoms with Gasteiger partial charge in [-0.3, -0.25) is 0 Å². The second-order valence-electron chi connectivity index (χ2n) is 5.28. The molecule has 0 unspecified atom stereocenters. The van der Waals surface area contributed by atoms with E-state index >= 15 is 0 Å². The van der Waals surface area contributed by atoms with Crippen LogP contribution in [0.2, 0.25) is 0 Å². The molecule has 0 atom stereocenters. The molecule has 0 saturated carbocycles. The summed E-state index contributed by atoms with van der Waals surface area (Å²) >= 11 is 1.11. The quantitative estimate of drug-likeness (QED) is 0.434. The fraction of sp³-hybridized carbons (Fsp3) is 0.0500. The van der Waals surface area contributed by atoms with Crippen molar-refractivity contribution in [3.8, 4) is 27.7 Å². The maximum atomic E-state index is 14.5. The molecule has 0 spiro atoms. The molecule has 23 heavy (non-hydrogen) atoms. The lowest BCUT2D eigenvalue weighted by atomic mass is 9.99. The third-order valence-corrected chi connectivity index (χ3v) is 4.28. The van der Waals surface area contributed by atoms with Crippen molar-refractivity contribution in [3.63, 3.8) is 0 Å². The molecule has 3 rings (SSSR count). The van der Waals surface area contributed by atoms with E-state index in [2.05, 4.69) is 0 Å². The number of thiocyanates is 1.